The topological polar surface area (TPSA) is 31.2 Å². The van der Waals surface area contributed by atoms with Gasteiger partial charge in [0.1, 0.15) is 0 Å². The lowest BCUT2D eigenvalue weighted by molar-refractivity contribution is 0.485. The molecule has 0 radical (unpaired) electrons. The summed E-state index contributed by atoms with van der Waals surface area (Å²) in [7, 11) is 7.91. The highest BCUT2D eigenvalue weighted by Gasteiger charge is 2.09. The second-order valence-electron chi connectivity index (χ2n) is 5.35. The molecular weight excluding hydrogens is 304 g/mol. The molecule has 2 aromatic rings. The summed E-state index contributed by atoms with van der Waals surface area (Å²) in [5, 5.41) is 0.708. The van der Waals surface area contributed by atoms with Gasteiger partial charge in [-0.15, -0.1) is 0 Å². The van der Waals surface area contributed by atoms with Crippen LogP contribution in [0.15, 0.2) is 75.5 Å². The Kier molecular flexibility index (Phi) is 6.23. The predicted molar refractivity (Wildman–Crippen MR) is 101 cm³/mol. The van der Waals surface area contributed by atoms with Crippen molar-refractivity contribution < 1.29 is 0 Å². The molecule has 0 atom stereocenters. The van der Waals surface area contributed by atoms with Crippen molar-refractivity contribution in [3.8, 4) is 0 Å². The minimum Gasteiger partial charge on any atom is -0.349 e. The molecule has 0 aliphatic rings. The molecule has 0 bridgehead atoms. The lowest BCUT2D eigenvalue weighted by Gasteiger charge is -2.22. The maximum atomic E-state index is 4.75. The fourth-order valence-corrected chi connectivity index (χ4v) is 2.75. The zero-order chi connectivity index (χ0) is 16.7. The van der Waals surface area contributed by atoms with Gasteiger partial charge in [-0.25, -0.2) is 4.99 Å². The summed E-state index contributed by atoms with van der Waals surface area (Å²) < 4.78 is 0. The number of guanidine groups is 1. The third-order valence-corrected chi connectivity index (χ3v) is 3.80. The van der Waals surface area contributed by atoms with Gasteiger partial charge < -0.3 is 9.80 Å². The molecule has 0 amide bonds. The van der Waals surface area contributed by atoms with E-state index in [-0.39, 0.29) is 0 Å². The molecule has 0 aromatic heterocycles. The molecule has 0 aliphatic heterocycles. The van der Waals surface area contributed by atoms with Crippen molar-refractivity contribution in [2.45, 2.75) is 4.90 Å². The number of aliphatic imine (C=N–C) groups is 2. The fraction of sp³-hybridized carbons (Fsp3) is 0.222. The van der Waals surface area contributed by atoms with Gasteiger partial charge in [-0.2, -0.15) is 4.99 Å². The average molecular weight is 326 g/mol. The van der Waals surface area contributed by atoms with Crippen LogP contribution in [-0.2, 0) is 0 Å². The molecule has 2 aromatic carbocycles. The molecule has 0 fully saturated rings. The van der Waals surface area contributed by atoms with E-state index in [0.29, 0.717) is 5.17 Å². The first-order valence-corrected chi connectivity index (χ1v) is 8.18. The quantitative estimate of drug-likeness (QED) is 0.476. The largest absolute Gasteiger partial charge is 0.349 e. The van der Waals surface area contributed by atoms with Crippen molar-refractivity contribution in [1.82, 2.24) is 9.80 Å². The first-order valence-electron chi connectivity index (χ1n) is 7.36. The van der Waals surface area contributed by atoms with Gasteiger partial charge in [0.25, 0.3) is 0 Å². The zero-order valence-corrected chi connectivity index (χ0v) is 14.8. The minimum atomic E-state index is 0.708. The first-order chi connectivity index (χ1) is 11.1. The van der Waals surface area contributed by atoms with Crippen LogP contribution in [-0.4, -0.2) is 49.1 Å². The maximum absolute atomic E-state index is 4.75. The molecule has 5 heteroatoms. The van der Waals surface area contributed by atoms with E-state index in [0.717, 1.165) is 16.5 Å². The van der Waals surface area contributed by atoms with Gasteiger partial charge in [0.15, 0.2) is 5.17 Å². The Hall–Kier alpha value is -2.27. The number of para-hydroxylation sites is 1. The Morgan fingerprint density at radius 2 is 1.30 bits per heavy atom. The van der Waals surface area contributed by atoms with E-state index < -0.39 is 0 Å². The summed E-state index contributed by atoms with van der Waals surface area (Å²) in [6.07, 6.45) is 0. The molecule has 2 rings (SSSR count). The van der Waals surface area contributed by atoms with Gasteiger partial charge in [-0.05, 0) is 36.0 Å². The van der Waals surface area contributed by atoms with Gasteiger partial charge in [0.2, 0.25) is 5.96 Å². The van der Waals surface area contributed by atoms with Crippen LogP contribution in [0.3, 0.4) is 0 Å². The van der Waals surface area contributed by atoms with E-state index in [1.807, 2.05) is 86.5 Å². The Morgan fingerprint density at radius 3 is 1.83 bits per heavy atom. The molecule has 0 aliphatic carbocycles. The smallest absolute Gasteiger partial charge is 0.202 e. The van der Waals surface area contributed by atoms with Crippen molar-refractivity contribution in [1.29, 1.82) is 0 Å². The van der Waals surface area contributed by atoms with Crippen LogP contribution in [0.25, 0.3) is 0 Å². The fourth-order valence-electron chi connectivity index (χ4n) is 1.96. The molecule has 0 saturated heterocycles. The van der Waals surface area contributed by atoms with Crippen LogP contribution in [0.1, 0.15) is 0 Å². The number of benzene rings is 2. The summed E-state index contributed by atoms with van der Waals surface area (Å²) in [4.78, 5) is 14.5. The standard InChI is InChI=1S/C18H22N4S/c1-21(2)18(22(3)4)20-17(19-15-11-7-5-8-12-15)23-16-13-9-6-10-14-16/h5-14H,1-4H3. The summed E-state index contributed by atoms with van der Waals surface area (Å²) in [5.41, 5.74) is 0.895. The van der Waals surface area contributed by atoms with Crippen molar-refractivity contribution in [3.05, 3.63) is 60.7 Å². The summed E-state index contributed by atoms with van der Waals surface area (Å²) in [6.45, 7) is 0. The van der Waals surface area contributed by atoms with Crippen LogP contribution >= 0.6 is 11.8 Å². The summed E-state index contributed by atoms with van der Waals surface area (Å²) >= 11 is 1.56. The van der Waals surface area contributed by atoms with Crippen LogP contribution in [0.2, 0.25) is 0 Å². The highest BCUT2D eigenvalue weighted by atomic mass is 32.2. The van der Waals surface area contributed by atoms with Gasteiger partial charge >= 0.3 is 0 Å². The van der Waals surface area contributed by atoms with Gasteiger partial charge in [0, 0.05) is 33.1 Å². The molecule has 0 N–H and O–H groups in total. The van der Waals surface area contributed by atoms with E-state index in [1.165, 1.54) is 0 Å². The Labute approximate surface area is 142 Å². The van der Waals surface area contributed by atoms with Gasteiger partial charge in [-0.3, -0.25) is 0 Å². The Bertz CT molecular complexity index is 654. The van der Waals surface area contributed by atoms with Crippen molar-refractivity contribution >= 4 is 28.6 Å². The lowest BCUT2D eigenvalue weighted by Crippen LogP contribution is -2.35. The molecule has 23 heavy (non-hydrogen) atoms. The zero-order valence-electron chi connectivity index (χ0n) is 14.0. The molecular formula is C18H22N4S. The number of amidine groups is 1. The Balaban J connectivity index is 2.39. The minimum absolute atomic E-state index is 0.708. The molecule has 4 nitrogen and oxygen atoms in total. The highest BCUT2D eigenvalue weighted by Crippen LogP contribution is 2.23. The molecule has 0 spiro atoms. The maximum Gasteiger partial charge on any atom is 0.202 e. The highest BCUT2D eigenvalue weighted by molar-refractivity contribution is 8.14. The van der Waals surface area contributed by atoms with Crippen LogP contribution < -0.4 is 0 Å². The molecule has 0 unspecified atom stereocenters. The average Bonchev–Trinajstić information content (AvgIpc) is 2.53. The third kappa shape index (κ3) is 5.45. The van der Waals surface area contributed by atoms with E-state index in [9.17, 15) is 0 Å². The van der Waals surface area contributed by atoms with Crippen LogP contribution in [0, 0.1) is 0 Å². The Morgan fingerprint density at radius 1 is 0.783 bits per heavy atom. The summed E-state index contributed by atoms with van der Waals surface area (Å²) in [5.74, 6) is 0.850. The first kappa shape index (κ1) is 17.1. The third-order valence-electron chi connectivity index (χ3n) is 2.93. The van der Waals surface area contributed by atoms with Crippen LogP contribution in [0.4, 0.5) is 5.69 Å². The van der Waals surface area contributed by atoms with Crippen molar-refractivity contribution in [2.75, 3.05) is 28.2 Å². The van der Waals surface area contributed by atoms with Crippen molar-refractivity contribution in [2.24, 2.45) is 9.98 Å². The van der Waals surface area contributed by atoms with Crippen molar-refractivity contribution in [3.63, 3.8) is 0 Å². The number of hydrogen-bond acceptors (Lipinski definition) is 2. The number of nitrogens with zero attached hydrogens (tertiary/aromatic N) is 4. The monoisotopic (exact) mass is 326 g/mol. The van der Waals surface area contributed by atoms with Crippen LogP contribution in [0.5, 0.6) is 0 Å². The van der Waals surface area contributed by atoms with Gasteiger partial charge in [0.05, 0.1) is 5.69 Å². The van der Waals surface area contributed by atoms with E-state index in [2.05, 4.69) is 12.1 Å². The molecule has 0 saturated carbocycles. The second kappa shape index (κ2) is 8.39. The van der Waals surface area contributed by atoms with E-state index in [4.69, 9.17) is 9.98 Å². The predicted octanol–water partition coefficient (Wildman–Crippen LogP) is 3.95. The second-order valence-corrected chi connectivity index (χ2v) is 6.39. The molecule has 0 heterocycles. The van der Waals surface area contributed by atoms with E-state index >= 15 is 0 Å². The van der Waals surface area contributed by atoms with E-state index in [1.54, 1.807) is 11.8 Å². The lowest BCUT2D eigenvalue weighted by atomic mass is 10.3. The number of rotatable bonds is 2. The van der Waals surface area contributed by atoms with Gasteiger partial charge in [-0.1, -0.05) is 36.4 Å². The SMILES string of the molecule is CN(C)C(=NC(=Nc1ccccc1)Sc1ccccc1)N(C)C. The normalized spacial score (nSPS) is 11.0. The molecule has 120 valence electrons. The number of thioether (sulfide) groups is 1. The summed E-state index contributed by atoms with van der Waals surface area (Å²) in [6, 6.07) is 20.1. The number of hydrogen-bond donors (Lipinski definition) is 0.